The van der Waals surface area contributed by atoms with Crippen molar-refractivity contribution >= 4 is 14.2 Å². The molecule has 0 aromatic carbocycles. The summed E-state index contributed by atoms with van der Waals surface area (Å²) >= 11 is 0. The van der Waals surface area contributed by atoms with E-state index in [0.717, 1.165) is 0 Å². The fraction of sp³-hybridized carbons (Fsp3) is 0. The highest BCUT2D eigenvalue weighted by atomic mass is 31.2. The molecule has 0 aliphatic rings. The monoisotopic (exact) mass is 193 g/mol. The highest BCUT2D eigenvalue weighted by Gasteiger charge is 2.00. The van der Waals surface area contributed by atoms with Crippen molar-refractivity contribution in [2.45, 2.75) is 0 Å². The minimum Gasteiger partial charge on any atom is -0.362 e. The van der Waals surface area contributed by atoms with Gasteiger partial charge in [-0.2, -0.15) is 0 Å². The van der Waals surface area contributed by atoms with E-state index in [2.05, 4.69) is 10.5 Å². The van der Waals surface area contributed by atoms with Gasteiger partial charge in [-0.15, -0.1) is 0 Å². The lowest BCUT2D eigenvalue weighted by Crippen LogP contribution is -1.82. The number of rotatable bonds is 1. The van der Waals surface area contributed by atoms with Crippen LogP contribution in [0, 0.1) is 10.1 Å². The molecule has 1 rings (SSSR count). The quantitative estimate of drug-likeness (QED) is 0.285. The van der Waals surface area contributed by atoms with E-state index in [1.165, 1.54) is 18.5 Å². The normalized spacial score (nSPS) is 9.00. The van der Waals surface area contributed by atoms with Gasteiger partial charge < -0.3 is 14.8 Å². The number of aromatic amines is 1. The molecular formula is C4H8N3O4P. The molecule has 1 aromatic rings. The Bertz CT molecular complexity index is 221. The minimum atomic E-state index is -2.12. The molecule has 0 aliphatic heterocycles. The molecular weight excluding hydrogens is 185 g/mol. The van der Waals surface area contributed by atoms with Crippen LogP contribution in [0.2, 0.25) is 0 Å². The number of H-pyrrole nitrogens is 1. The highest BCUT2D eigenvalue weighted by Crippen LogP contribution is 2.05. The van der Waals surface area contributed by atoms with Crippen molar-refractivity contribution in [1.82, 2.24) is 4.98 Å². The van der Waals surface area contributed by atoms with E-state index in [1.807, 2.05) is 0 Å². The molecule has 0 unspecified atom stereocenters. The van der Waals surface area contributed by atoms with Crippen molar-refractivity contribution in [3.05, 3.63) is 28.6 Å². The Morgan fingerprint density at radius 2 is 2.17 bits per heavy atom. The molecule has 0 amide bonds. The van der Waals surface area contributed by atoms with Crippen molar-refractivity contribution in [2.75, 3.05) is 0 Å². The average molecular weight is 193 g/mol. The SMILES string of the molecule is NP(O)O.O=[N+]([O-])c1cc[nH]c1. The number of nitrogens with two attached hydrogens (primary N) is 1. The Labute approximate surface area is 69.0 Å². The number of nitro groups is 1. The first-order valence-corrected chi connectivity index (χ1v) is 4.05. The van der Waals surface area contributed by atoms with Crippen LogP contribution in [0.5, 0.6) is 0 Å². The van der Waals surface area contributed by atoms with Crippen molar-refractivity contribution in [1.29, 1.82) is 0 Å². The van der Waals surface area contributed by atoms with Crippen LogP contribution in [0.3, 0.4) is 0 Å². The maximum absolute atomic E-state index is 9.85. The lowest BCUT2D eigenvalue weighted by Gasteiger charge is -1.79. The first-order chi connectivity index (χ1) is 5.54. The Morgan fingerprint density at radius 3 is 2.33 bits per heavy atom. The number of hydrogen-bond acceptors (Lipinski definition) is 5. The van der Waals surface area contributed by atoms with Crippen LogP contribution in [-0.2, 0) is 0 Å². The third kappa shape index (κ3) is 5.75. The van der Waals surface area contributed by atoms with E-state index in [1.54, 1.807) is 0 Å². The summed E-state index contributed by atoms with van der Waals surface area (Å²) in [5.74, 6) is 0. The summed E-state index contributed by atoms with van der Waals surface area (Å²) < 4.78 is 0. The third-order valence-electron chi connectivity index (χ3n) is 0.792. The van der Waals surface area contributed by atoms with Gasteiger partial charge in [0.25, 0.3) is 5.69 Å². The second-order valence-electron chi connectivity index (χ2n) is 1.65. The molecule has 12 heavy (non-hydrogen) atoms. The zero-order chi connectivity index (χ0) is 9.56. The van der Waals surface area contributed by atoms with Gasteiger partial charge in [-0.05, 0) is 0 Å². The number of hydrogen-bond donors (Lipinski definition) is 4. The third-order valence-corrected chi connectivity index (χ3v) is 0.792. The fourth-order valence-corrected chi connectivity index (χ4v) is 0.429. The summed E-state index contributed by atoms with van der Waals surface area (Å²) in [4.78, 5) is 26.9. The van der Waals surface area contributed by atoms with Gasteiger partial charge in [0.05, 0.1) is 11.1 Å². The minimum absolute atomic E-state index is 0.102. The largest absolute Gasteiger partial charge is 0.362 e. The second kappa shape index (κ2) is 5.62. The van der Waals surface area contributed by atoms with Crippen LogP contribution in [0.1, 0.15) is 0 Å². The molecule has 5 N–H and O–H groups in total. The Kier molecular flexibility index (Phi) is 5.14. The van der Waals surface area contributed by atoms with Gasteiger partial charge in [0.2, 0.25) is 8.53 Å². The summed E-state index contributed by atoms with van der Waals surface area (Å²) in [5, 5.41) is 9.85. The topological polar surface area (TPSA) is 125 Å². The van der Waals surface area contributed by atoms with Crippen LogP contribution >= 0.6 is 8.53 Å². The second-order valence-corrected chi connectivity index (χ2v) is 2.29. The fourth-order valence-electron chi connectivity index (χ4n) is 0.429. The number of aromatic nitrogens is 1. The van der Waals surface area contributed by atoms with Crippen LogP contribution in [0.4, 0.5) is 5.69 Å². The molecule has 7 nitrogen and oxygen atoms in total. The van der Waals surface area contributed by atoms with Gasteiger partial charge >= 0.3 is 0 Å². The van der Waals surface area contributed by atoms with Crippen LogP contribution in [-0.4, -0.2) is 19.7 Å². The molecule has 1 aromatic heterocycles. The van der Waals surface area contributed by atoms with Gasteiger partial charge in [-0.3, -0.25) is 15.6 Å². The van der Waals surface area contributed by atoms with E-state index in [0.29, 0.717) is 0 Å². The summed E-state index contributed by atoms with van der Waals surface area (Å²) in [5.41, 5.74) is 4.39. The van der Waals surface area contributed by atoms with Crippen molar-refractivity contribution in [2.24, 2.45) is 5.50 Å². The molecule has 0 saturated heterocycles. The van der Waals surface area contributed by atoms with E-state index < -0.39 is 13.4 Å². The molecule has 0 spiro atoms. The number of nitrogens with one attached hydrogen (secondary N) is 1. The van der Waals surface area contributed by atoms with Gasteiger partial charge in [-0.25, -0.2) is 0 Å². The molecule has 0 bridgehead atoms. The molecule has 0 aliphatic carbocycles. The van der Waals surface area contributed by atoms with Gasteiger partial charge in [-0.1, -0.05) is 0 Å². The van der Waals surface area contributed by atoms with Crippen LogP contribution < -0.4 is 5.50 Å². The van der Waals surface area contributed by atoms with E-state index in [-0.39, 0.29) is 5.69 Å². The predicted molar refractivity (Wildman–Crippen MR) is 43.0 cm³/mol. The predicted octanol–water partition coefficient (Wildman–Crippen LogP) is 0.0795. The van der Waals surface area contributed by atoms with Crippen LogP contribution in [0.25, 0.3) is 0 Å². The van der Waals surface area contributed by atoms with Crippen LogP contribution in [0.15, 0.2) is 18.5 Å². The molecule has 0 radical (unpaired) electrons. The van der Waals surface area contributed by atoms with Crippen molar-refractivity contribution in [3.63, 3.8) is 0 Å². The lowest BCUT2D eigenvalue weighted by atomic mass is 10.6. The summed E-state index contributed by atoms with van der Waals surface area (Å²) in [7, 11) is -2.12. The summed E-state index contributed by atoms with van der Waals surface area (Å²) in [6.45, 7) is 0. The molecule has 0 atom stereocenters. The molecule has 1 heterocycles. The Morgan fingerprint density at radius 1 is 1.67 bits per heavy atom. The van der Waals surface area contributed by atoms with Gasteiger partial charge in [0.15, 0.2) is 0 Å². The first kappa shape index (κ1) is 11.0. The van der Waals surface area contributed by atoms with E-state index in [4.69, 9.17) is 9.79 Å². The first-order valence-electron chi connectivity index (χ1n) is 2.73. The highest BCUT2D eigenvalue weighted by molar-refractivity contribution is 7.42. The average Bonchev–Trinajstić information content (AvgIpc) is 2.34. The van der Waals surface area contributed by atoms with E-state index >= 15 is 0 Å². The van der Waals surface area contributed by atoms with Crippen molar-refractivity contribution in [3.8, 4) is 0 Å². The zero-order valence-electron chi connectivity index (χ0n) is 5.91. The van der Waals surface area contributed by atoms with Gasteiger partial charge in [0.1, 0.15) is 0 Å². The number of nitrogens with zero attached hydrogens (tertiary/aromatic N) is 1. The Hall–Kier alpha value is -1.01. The van der Waals surface area contributed by atoms with Crippen molar-refractivity contribution < 1.29 is 14.7 Å². The van der Waals surface area contributed by atoms with E-state index in [9.17, 15) is 10.1 Å². The Balaban J connectivity index is 0.000000261. The lowest BCUT2D eigenvalue weighted by molar-refractivity contribution is -0.384. The maximum atomic E-state index is 9.85. The van der Waals surface area contributed by atoms with Gasteiger partial charge in [0, 0.05) is 12.3 Å². The zero-order valence-corrected chi connectivity index (χ0v) is 6.81. The molecule has 0 fully saturated rings. The summed E-state index contributed by atoms with van der Waals surface area (Å²) in [6.07, 6.45) is 2.85. The smallest absolute Gasteiger partial charge is 0.286 e. The summed E-state index contributed by atoms with van der Waals surface area (Å²) in [6, 6.07) is 1.40. The molecule has 68 valence electrons. The molecule has 8 heteroatoms. The molecule has 0 saturated carbocycles. The standard InChI is InChI=1S/C4H4N2O2.H4NO2P/c7-6(8)4-1-2-5-3-4;1-4(2)3/h1-3,5H;2-3H,1H2. The maximum Gasteiger partial charge on any atom is 0.286 e.